The van der Waals surface area contributed by atoms with Crippen LogP contribution >= 0.6 is 11.6 Å². The zero-order valence-electron chi connectivity index (χ0n) is 10.1. The second-order valence-corrected chi connectivity index (χ2v) is 4.34. The van der Waals surface area contributed by atoms with E-state index in [4.69, 9.17) is 16.3 Å². The molecule has 16 heavy (non-hydrogen) atoms. The lowest BCUT2D eigenvalue weighted by molar-refractivity contribution is 0.233. The molecular formula is C12H19ClN2O. The van der Waals surface area contributed by atoms with Crippen LogP contribution < -0.4 is 4.74 Å². The van der Waals surface area contributed by atoms with Crippen molar-refractivity contribution in [1.29, 1.82) is 0 Å². The fourth-order valence-corrected chi connectivity index (χ4v) is 1.34. The van der Waals surface area contributed by atoms with Crippen LogP contribution in [0.2, 0.25) is 0 Å². The van der Waals surface area contributed by atoms with Gasteiger partial charge in [-0.25, -0.2) is 0 Å². The molecule has 0 N–H and O–H groups in total. The Balaban J connectivity index is 2.31. The zero-order valence-corrected chi connectivity index (χ0v) is 10.9. The Morgan fingerprint density at radius 3 is 2.69 bits per heavy atom. The largest absolute Gasteiger partial charge is 0.492 e. The average molecular weight is 243 g/mol. The molecule has 1 heterocycles. The summed E-state index contributed by atoms with van der Waals surface area (Å²) in [4.78, 5) is 6.34. The second-order valence-electron chi connectivity index (χ2n) is 4.07. The smallest absolute Gasteiger partial charge is 0.137 e. The van der Waals surface area contributed by atoms with Gasteiger partial charge in [-0.2, -0.15) is 0 Å². The summed E-state index contributed by atoms with van der Waals surface area (Å²) in [6.45, 7) is 2.89. The van der Waals surface area contributed by atoms with Gasteiger partial charge in [-0.05, 0) is 39.6 Å². The minimum absolute atomic E-state index is 0.442. The molecule has 1 unspecified atom stereocenters. The highest BCUT2D eigenvalue weighted by Crippen LogP contribution is 2.11. The molecule has 0 saturated heterocycles. The van der Waals surface area contributed by atoms with Gasteiger partial charge < -0.3 is 9.64 Å². The normalized spacial score (nSPS) is 12.8. The van der Waals surface area contributed by atoms with Crippen LogP contribution in [0.3, 0.4) is 0 Å². The molecule has 0 aromatic carbocycles. The van der Waals surface area contributed by atoms with Gasteiger partial charge in [0.25, 0.3) is 0 Å². The van der Waals surface area contributed by atoms with Crippen molar-refractivity contribution >= 4 is 11.6 Å². The molecule has 0 aliphatic carbocycles. The van der Waals surface area contributed by atoms with E-state index in [9.17, 15) is 0 Å². The summed E-state index contributed by atoms with van der Waals surface area (Å²) in [5, 5.41) is 0. The van der Waals surface area contributed by atoms with Crippen molar-refractivity contribution in [2.75, 3.05) is 20.7 Å². The third-order valence-corrected chi connectivity index (χ3v) is 2.89. The highest BCUT2D eigenvalue weighted by molar-refractivity contribution is 6.16. The number of pyridine rings is 1. The monoisotopic (exact) mass is 242 g/mol. The van der Waals surface area contributed by atoms with Crippen LogP contribution in [0.4, 0.5) is 0 Å². The van der Waals surface area contributed by atoms with Gasteiger partial charge in [0, 0.05) is 6.04 Å². The van der Waals surface area contributed by atoms with Crippen molar-refractivity contribution in [3.8, 4) is 5.75 Å². The van der Waals surface area contributed by atoms with Crippen molar-refractivity contribution in [1.82, 2.24) is 9.88 Å². The molecule has 1 rings (SSSR count). The topological polar surface area (TPSA) is 25.4 Å². The van der Waals surface area contributed by atoms with Gasteiger partial charge in [0.2, 0.25) is 0 Å². The van der Waals surface area contributed by atoms with Crippen LogP contribution in [-0.4, -0.2) is 36.6 Å². The molecule has 0 fully saturated rings. The van der Waals surface area contributed by atoms with Crippen LogP contribution in [0.25, 0.3) is 0 Å². The molecule has 0 spiro atoms. The zero-order chi connectivity index (χ0) is 12.0. The molecule has 3 nitrogen and oxygen atoms in total. The average Bonchev–Trinajstić information content (AvgIpc) is 2.29. The highest BCUT2D eigenvalue weighted by Gasteiger charge is 2.04. The fraction of sp³-hybridized carbons (Fsp3) is 0.583. The number of halogens is 1. The van der Waals surface area contributed by atoms with Gasteiger partial charge in [-0.3, -0.25) is 4.98 Å². The number of aromatic nitrogens is 1. The van der Waals surface area contributed by atoms with E-state index in [1.165, 1.54) is 0 Å². The standard InChI is InChI=1S/C12H19ClN2O/c1-10(15(2)3)6-7-16-12-5-4-11(8-13)14-9-12/h4-5,9-10H,6-8H2,1-3H3. The third kappa shape index (κ3) is 4.37. The summed E-state index contributed by atoms with van der Waals surface area (Å²) >= 11 is 5.65. The molecular weight excluding hydrogens is 224 g/mol. The number of hydrogen-bond acceptors (Lipinski definition) is 3. The van der Waals surface area contributed by atoms with Crippen LogP contribution in [-0.2, 0) is 5.88 Å². The molecule has 1 atom stereocenters. The first-order valence-electron chi connectivity index (χ1n) is 5.43. The first kappa shape index (κ1) is 13.3. The third-order valence-electron chi connectivity index (χ3n) is 2.62. The lowest BCUT2D eigenvalue weighted by atomic mass is 10.2. The molecule has 0 radical (unpaired) electrons. The molecule has 1 aromatic heterocycles. The maximum Gasteiger partial charge on any atom is 0.137 e. The van der Waals surface area contributed by atoms with Crippen molar-refractivity contribution in [3.05, 3.63) is 24.0 Å². The number of hydrogen-bond donors (Lipinski definition) is 0. The molecule has 0 bridgehead atoms. The van der Waals surface area contributed by atoms with Gasteiger partial charge in [-0.15, -0.1) is 11.6 Å². The highest BCUT2D eigenvalue weighted by atomic mass is 35.5. The molecule has 1 aromatic rings. The summed E-state index contributed by atoms with van der Waals surface area (Å²) in [6, 6.07) is 4.32. The van der Waals surface area contributed by atoms with E-state index in [1.807, 2.05) is 12.1 Å². The minimum atomic E-state index is 0.442. The molecule has 90 valence electrons. The predicted molar refractivity (Wildman–Crippen MR) is 67.1 cm³/mol. The van der Waals surface area contributed by atoms with Gasteiger partial charge >= 0.3 is 0 Å². The Hall–Kier alpha value is -0.800. The van der Waals surface area contributed by atoms with Crippen LogP contribution in [0.1, 0.15) is 19.0 Å². The summed E-state index contributed by atoms with van der Waals surface area (Å²) in [5.74, 6) is 1.25. The van der Waals surface area contributed by atoms with Gasteiger partial charge in [0.05, 0.1) is 24.4 Å². The van der Waals surface area contributed by atoms with E-state index in [2.05, 4.69) is 30.9 Å². The molecule has 0 aliphatic rings. The summed E-state index contributed by atoms with van der Waals surface area (Å²) in [5.41, 5.74) is 0.871. The maximum absolute atomic E-state index is 5.65. The Morgan fingerprint density at radius 2 is 2.19 bits per heavy atom. The summed E-state index contributed by atoms with van der Waals surface area (Å²) in [7, 11) is 4.14. The number of nitrogens with zero attached hydrogens (tertiary/aromatic N) is 2. The lowest BCUT2D eigenvalue weighted by Gasteiger charge is -2.19. The first-order valence-corrected chi connectivity index (χ1v) is 5.97. The Morgan fingerprint density at radius 1 is 1.44 bits per heavy atom. The van der Waals surface area contributed by atoms with Gasteiger partial charge in [-0.1, -0.05) is 0 Å². The van der Waals surface area contributed by atoms with E-state index in [-0.39, 0.29) is 0 Å². The van der Waals surface area contributed by atoms with Gasteiger partial charge in [0.1, 0.15) is 5.75 Å². The molecule has 0 saturated carbocycles. The Bertz CT molecular complexity index is 300. The minimum Gasteiger partial charge on any atom is -0.492 e. The number of rotatable bonds is 6. The SMILES string of the molecule is CC(CCOc1ccc(CCl)nc1)N(C)C. The maximum atomic E-state index is 5.65. The van der Waals surface area contributed by atoms with Crippen molar-refractivity contribution in [2.45, 2.75) is 25.3 Å². The van der Waals surface area contributed by atoms with Crippen molar-refractivity contribution < 1.29 is 4.74 Å². The Labute approximate surface area is 102 Å². The van der Waals surface area contributed by atoms with Crippen molar-refractivity contribution in [3.63, 3.8) is 0 Å². The number of alkyl halides is 1. The number of ether oxygens (including phenoxy) is 1. The van der Waals surface area contributed by atoms with E-state index in [0.29, 0.717) is 18.5 Å². The van der Waals surface area contributed by atoms with Gasteiger partial charge in [0.15, 0.2) is 0 Å². The molecule has 4 heteroatoms. The van der Waals surface area contributed by atoms with Crippen LogP contribution in [0.15, 0.2) is 18.3 Å². The van der Waals surface area contributed by atoms with Crippen LogP contribution in [0.5, 0.6) is 5.75 Å². The quantitative estimate of drug-likeness (QED) is 0.717. The first-order chi connectivity index (χ1) is 7.63. The van der Waals surface area contributed by atoms with E-state index in [1.54, 1.807) is 6.20 Å². The lowest BCUT2D eigenvalue weighted by Crippen LogP contribution is -2.26. The Kier molecular flexibility index (Phi) is 5.56. The fourth-order valence-electron chi connectivity index (χ4n) is 1.18. The molecule has 0 amide bonds. The van der Waals surface area contributed by atoms with Crippen molar-refractivity contribution in [2.24, 2.45) is 0 Å². The molecule has 0 aliphatic heterocycles. The second kappa shape index (κ2) is 6.71. The van der Waals surface area contributed by atoms with E-state index >= 15 is 0 Å². The summed E-state index contributed by atoms with van der Waals surface area (Å²) in [6.07, 6.45) is 2.72. The van der Waals surface area contributed by atoms with E-state index in [0.717, 1.165) is 17.9 Å². The summed E-state index contributed by atoms with van der Waals surface area (Å²) < 4.78 is 5.59. The van der Waals surface area contributed by atoms with Crippen LogP contribution in [0, 0.1) is 0 Å². The van der Waals surface area contributed by atoms with E-state index < -0.39 is 0 Å². The predicted octanol–water partition coefficient (Wildman–Crippen LogP) is 2.54.